The fraction of sp³-hybridized carbons (Fsp3) is 0.381. The molecule has 3 rings (SSSR count). The van der Waals surface area contributed by atoms with E-state index in [4.69, 9.17) is 4.74 Å². The predicted octanol–water partition coefficient (Wildman–Crippen LogP) is 3.24. The predicted molar refractivity (Wildman–Crippen MR) is 97.7 cm³/mol. The summed E-state index contributed by atoms with van der Waals surface area (Å²) in [6.45, 7) is 6.01. The van der Waals surface area contributed by atoms with Gasteiger partial charge < -0.3 is 15.2 Å². The van der Waals surface area contributed by atoms with Gasteiger partial charge in [-0.3, -0.25) is 4.79 Å². The van der Waals surface area contributed by atoms with Crippen LogP contribution in [0.3, 0.4) is 0 Å². The lowest BCUT2D eigenvalue weighted by Gasteiger charge is -2.20. The zero-order valence-electron chi connectivity index (χ0n) is 15.0. The molecule has 0 spiro atoms. The van der Waals surface area contributed by atoms with Gasteiger partial charge in [-0.25, -0.2) is 0 Å². The molecular weight excluding hydrogens is 314 g/mol. The molecule has 0 aliphatic carbocycles. The van der Waals surface area contributed by atoms with E-state index in [0.717, 1.165) is 16.9 Å². The normalized spacial score (nSPS) is 18.2. The summed E-state index contributed by atoms with van der Waals surface area (Å²) >= 11 is 0. The molecule has 4 heteroatoms. The highest BCUT2D eigenvalue weighted by Gasteiger charge is 2.30. The van der Waals surface area contributed by atoms with Crippen molar-refractivity contribution < 1.29 is 14.6 Å². The second kappa shape index (κ2) is 7.28. The van der Waals surface area contributed by atoms with Gasteiger partial charge in [0.15, 0.2) is 6.10 Å². The standard InChI is InChI=1S/C21H25NO3/c1-13-9-17-12-20(25-19(17)10-14(13)2)21(24)22-15(3)11-18(23)16-7-5-4-6-8-16/h4-10,15,18,20,23H,11-12H2,1-3H3,(H,22,24). The smallest absolute Gasteiger partial charge is 0.261 e. The SMILES string of the molecule is Cc1cc2c(cc1C)OC(C(=O)NC(C)CC(O)c1ccccc1)C2. The first-order valence-corrected chi connectivity index (χ1v) is 8.74. The largest absolute Gasteiger partial charge is 0.480 e. The minimum atomic E-state index is -0.594. The number of amides is 1. The molecule has 4 nitrogen and oxygen atoms in total. The van der Waals surface area contributed by atoms with Crippen LogP contribution < -0.4 is 10.1 Å². The minimum absolute atomic E-state index is 0.126. The first kappa shape index (κ1) is 17.5. The van der Waals surface area contributed by atoms with Crippen molar-refractivity contribution in [3.63, 3.8) is 0 Å². The number of ether oxygens (including phenoxy) is 1. The van der Waals surface area contributed by atoms with Crippen molar-refractivity contribution in [3.8, 4) is 5.75 Å². The summed E-state index contributed by atoms with van der Waals surface area (Å²) in [6, 6.07) is 13.4. The quantitative estimate of drug-likeness (QED) is 0.879. The highest BCUT2D eigenvalue weighted by molar-refractivity contribution is 5.82. The molecule has 0 radical (unpaired) electrons. The van der Waals surface area contributed by atoms with Crippen LogP contribution in [0.4, 0.5) is 0 Å². The molecule has 2 aromatic rings. The lowest BCUT2D eigenvalue weighted by molar-refractivity contribution is -0.128. The molecule has 132 valence electrons. The van der Waals surface area contributed by atoms with E-state index in [1.807, 2.05) is 50.2 Å². The molecule has 0 bridgehead atoms. The van der Waals surface area contributed by atoms with Crippen molar-refractivity contribution >= 4 is 5.91 Å². The van der Waals surface area contributed by atoms with Crippen LogP contribution in [0.2, 0.25) is 0 Å². The first-order chi connectivity index (χ1) is 11.9. The van der Waals surface area contributed by atoms with Crippen molar-refractivity contribution in [2.24, 2.45) is 0 Å². The molecule has 1 heterocycles. The maximum absolute atomic E-state index is 12.5. The van der Waals surface area contributed by atoms with Gasteiger partial charge in [-0.2, -0.15) is 0 Å². The number of benzene rings is 2. The van der Waals surface area contributed by atoms with Gasteiger partial charge in [0, 0.05) is 12.5 Å². The second-order valence-corrected chi connectivity index (χ2v) is 6.93. The van der Waals surface area contributed by atoms with Gasteiger partial charge >= 0.3 is 0 Å². The molecule has 0 saturated heterocycles. The maximum Gasteiger partial charge on any atom is 0.261 e. The number of aryl methyl sites for hydroxylation is 2. The molecule has 25 heavy (non-hydrogen) atoms. The Morgan fingerprint density at radius 1 is 1.24 bits per heavy atom. The number of hydrogen-bond donors (Lipinski definition) is 2. The van der Waals surface area contributed by atoms with Crippen LogP contribution in [-0.2, 0) is 11.2 Å². The summed E-state index contributed by atoms with van der Waals surface area (Å²) < 4.78 is 5.82. The number of hydrogen-bond acceptors (Lipinski definition) is 3. The fourth-order valence-electron chi connectivity index (χ4n) is 3.20. The Balaban J connectivity index is 1.56. The fourth-order valence-corrected chi connectivity index (χ4v) is 3.20. The Kier molecular flexibility index (Phi) is 5.09. The topological polar surface area (TPSA) is 58.6 Å². The van der Waals surface area contributed by atoms with Crippen LogP contribution in [0.25, 0.3) is 0 Å². The lowest BCUT2D eigenvalue weighted by atomic mass is 10.0. The second-order valence-electron chi connectivity index (χ2n) is 6.93. The summed E-state index contributed by atoms with van der Waals surface area (Å²) in [7, 11) is 0. The zero-order chi connectivity index (χ0) is 18.0. The summed E-state index contributed by atoms with van der Waals surface area (Å²) in [5.74, 6) is 0.680. The van der Waals surface area contributed by atoms with Crippen molar-refractivity contribution in [2.75, 3.05) is 0 Å². The summed E-state index contributed by atoms with van der Waals surface area (Å²) in [5.41, 5.74) is 4.32. The Hall–Kier alpha value is -2.33. The minimum Gasteiger partial charge on any atom is -0.480 e. The number of fused-ring (bicyclic) bond motifs is 1. The summed E-state index contributed by atoms with van der Waals surface area (Å²) in [6.07, 6.45) is -0.0276. The molecule has 1 amide bonds. The number of carbonyl (C=O) groups excluding carboxylic acids is 1. The van der Waals surface area contributed by atoms with Crippen molar-refractivity contribution in [3.05, 3.63) is 64.7 Å². The van der Waals surface area contributed by atoms with E-state index in [1.54, 1.807) is 0 Å². The van der Waals surface area contributed by atoms with E-state index in [1.165, 1.54) is 11.1 Å². The molecule has 3 unspecified atom stereocenters. The van der Waals surface area contributed by atoms with Gasteiger partial charge in [-0.05, 0) is 55.5 Å². The third kappa shape index (κ3) is 4.02. The van der Waals surface area contributed by atoms with Crippen LogP contribution in [0.15, 0.2) is 42.5 Å². The molecule has 0 saturated carbocycles. The van der Waals surface area contributed by atoms with Crippen LogP contribution in [-0.4, -0.2) is 23.2 Å². The van der Waals surface area contributed by atoms with Crippen LogP contribution in [0, 0.1) is 13.8 Å². The molecule has 1 aliphatic heterocycles. The first-order valence-electron chi connectivity index (χ1n) is 8.74. The average molecular weight is 339 g/mol. The third-order valence-corrected chi connectivity index (χ3v) is 4.79. The molecule has 0 aromatic heterocycles. The monoisotopic (exact) mass is 339 g/mol. The van der Waals surface area contributed by atoms with Crippen molar-refractivity contribution in [1.29, 1.82) is 0 Å². The van der Waals surface area contributed by atoms with Gasteiger partial charge in [0.1, 0.15) is 5.75 Å². The highest BCUT2D eigenvalue weighted by atomic mass is 16.5. The molecular formula is C21H25NO3. The van der Waals surface area contributed by atoms with Crippen molar-refractivity contribution in [1.82, 2.24) is 5.32 Å². The van der Waals surface area contributed by atoms with E-state index in [2.05, 4.69) is 18.3 Å². The van der Waals surface area contributed by atoms with E-state index >= 15 is 0 Å². The number of rotatable bonds is 5. The van der Waals surface area contributed by atoms with Gasteiger partial charge in [0.05, 0.1) is 6.10 Å². The van der Waals surface area contributed by atoms with E-state index in [-0.39, 0.29) is 11.9 Å². The van der Waals surface area contributed by atoms with Crippen LogP contribution in [0.5, 0.6) is 5.75 Å². The van der Waals surface area contributed by atoms with Gasteiger partial charge in [0.2, 0.25) is 0 Å². The average Bonchev–Trinajstić information content (AvgIpc) is 2.99. The third-order valence-electron chi connectivity index (χ3n) is 4.79. The van der Waals surface area contributed by atoms with Crippen LogP contribution in [0.1, 0.15) is 41.7 Å². The molecule has 0 fully saturated rings. The number of aliphatic hydroxyl groups excluding tert-OH is 1. The van der Waals surface area contributed by atoms with Gasteiger partial charge in [0.25, 0.3) is 5.91 Å². The van der Waals surface area contributed by atoms with E-state index in [0.29, 0.717) is 12.8 Å². The van der Waals surface area contributed by atoms with E-state index in [9.17, 15) is 9.90 Å². The number of carbonyl (C=O) groups is 1. The number of nitrogens with one attached hydrogen (secondary N) is 1. The van der Waals surface area contributed by atoms with Crippen molar-refractivity contribution in [2.45, 2.75) is 51.9 Å². The van der Waals surface area contributed by atoms with Gasteiger partial charge in [-0.15, -0.1) is 0 Å². The Morgan fingerprint density at radius 2 is 1.92 bits per heavy atom. The number of aliphatic hydroxyl groups is 1. The Labute approximate surface area is 148 Å². The molecule has 3 atom stereocenters. The Bertz CT molecular complexity index is 726. The molecule has 1 aliphatic rings. The zero-order valence-corrected chi connectivity index (χ0v) is 15.0. The summed E-state index contributed by atoms with van der Waals surface area (Å²) in [4.78, 5) is 12.5. The van der Waals surface area contributed by atoms with Crippen LogP contribution >= 0.6 is 0 Å². The summed E-state index contributed by atoms with van der Waals surface area (Å²) in [5, 5.41) is 13.3. The van der Waals surface area contributed by atoms with E-state index < -0.39 is 12.2 Å². The lowest BCUT2D eigenvalue weighted by Crippen LogP contribution is -2.42. The highest BCUT2D eigenvalue weighted by Crippen LogP contribution is 2.31. The molecule has 2 aromatic carbocycles. The maximum atomic E-state index is 12.5. The Morgan fingerprint density at radius 3 is 2.64 bits per heavy atom. The van der Waals surface area contributed by atoms with Gasteiger partial charge in [-0.1, -0.05) is 36.4 Å². The molecule has 2 N–H and O–H groups in total.